The number of hydrogen-bond acceptors (Lipinski definition) is 3. The highest BCUT2D eigenvalue weighted by atomic mass is 127. The number of carbonyl (C=O) groups is 1. The highest BCUT2D eigenvalue weighted by molar-refractivity contribution is 14.1. The summed E-state index contributed by atoms with van der Waals surface area (Å²) in [6.07, 6.45) is 0. The Morgan fingerprint density at radius 2 is 1.64 bits per heavy atom. The normalized spacial score (nSPS) is 11.1. The third-order valence-corrected chi connectivity index (χ3v) is 6.84. The molecule has 0 aromatic heterocycles. The van der Waals surface area contributed by atoms with E-state index in [9.17, 15) is 13.2 Å². The first-order valence-corrected chi connectivity index (χ1v) is 11.6. The maximum Gasteiger partial charge on any atom is 0.264 e. The second-order valence-electron chi connectivity index (χ2n) is 5.86. The monoisotopic (exact) mass is 570 g/mol. The highest BCUT2D eigenvalue weighted by Crippen LogP contribution is 2.26. The molecule has 0 bridgehead atoms. The van der Waals surface area contributed by atoms with E-state index in [0.717, 1.165) is 12.3 Å². The minimum Gasteiger partial charge on any atom is -0.325 e. The number of nitrogens with zero attached hydrogens (tertiary/aromatic N) is 1. The van der Waals surface area contributed by atoms with Crippen LogP contribution in [0.5, 0.6) is 0 Å². The van der Waals surface area contributed by atoms with Crippen molar-refractivity contribution in [3.05, 3.63) is 86.9 Å². The molecule has 144 valence electrons. The van der Waals surface area contributed by atoms with Gasteiger partial charge in [-0.3, -0.25) is 9.10 Å². The molecule has 0 unspecified atom stereocenters. The van der Waals surface area contributed by atoms with Gasteiger partial charge in [-0.15, -0.1) is 0 Å². The molecule has 0 aliphatic heterocycles. The second-order valence-corrected chi connectivity index (χ2v) is 9.88. The van der Waals surface area contributed by atoms with Crippen LogP contribution in [-0.4, -0.2) is 20.9 Å². The number of nitrogens with one attached hydrogen (secondary N) is 1. The topological polar surface area (TPSA) is 66.5 Å². The molecule has 1 N–H and O–H groups in total. The summed E-state index contributed by atoms with van der Waals surface area (Å²) < 4.78 is 29.3. The number of carbonyl (C=O) groups excluding carboxylic acids is 1. The summed E-state index contributed by atoms with van der Waals surface area (Å²) in [4.78, 5) is 12.7. The van der Waals surface area contributed by atoms with Crippen LogP contribution in [0.25, 0.3) is 0 Å². The molecule has 3 aromatic rings. The van der Waals surface area contributed by atoms with Crippen LogP contribution in [0, 0.1) is 3.57 Å². The maximum atomic E-state index is 13.2. The van der Waals surface area contributed by atoms with Crippen LogP contribution < -0.4 is 9.62 Å². The molecule has 5 nitrogen and oxygen atoms in total. The SMILES string of the molecule is O=C(CN(c1cccc(Br)c1)S(=O)(=O)c1ccccc1)Nc1ccc(I)cc1. The Morgan fingerprint density at radius 3 is 2.29 bits per heavy atom. The van der Waals surface area contributed by atoms with Crippen LogP contribution in [0.1, 0.15) is 0 Å². The Kier molecular flexibility index (Phi) is 6.73. The summed E-state index contributed by atoms with van der Waals surface area (Å²) >= 11 is 5.53. The first-order valence-electron chi connectivity index (χ1n) is 8.25. The van der Waals surface area contributed by atoms with Gasteiger partial charge in [-0.25, -0.2) is 8.42 Å². The fourth-order valence-corrected chi connectivity index (χ4v) is 4.71. The van der Waals surface area contributed by atoms with Gasteiger partial charge in [0.2, 0.25) is 5.91 Å². The van der Waals surface area contributed by atoms with E-state index in [4.69, 9.17) is 0 Å². The number of sulfonamides is 1. The summed E-state index contributed by atoms with van der Waals surface area (Å²) in [5.41, 5.74) is 1.01. The fraction of sp³-hybridized carbons (Fsp3) is 0.0500. The molecule has 0 saturated carbocycles. The molecule has 0 atom stereocenters. The highest BCUT2D eigenvalue weighted by Gasteiger charge is 2.27. The Bertz CT molecular complexity index is 1070. The van der Waals surface area contributed by atoms with Gasteiger partial charge in [0, 0.05) is 13.7 Å². The molecule has 0 radical (unpaired) electrons. The van der Waals surface area contributed by atoms with Crippen LogP contribution in [-0.2, 0) is 14.8 Å². The van der Waals surface area contributed by atoms with Gasteiger partial charge in [0.05, 0.1) is 10.6 Å². The van der Waals surface area contributed by atoms with Gasteiger partial charge < -0.3 is 5.32 Å². The summed E-state index contributed by atoms with van der Waals surface area (Å²) in [5, 5.41) is 2.75. The molecule has 0 fully saturated rings. The lowest BCUT2D eigenvalue weighted by molar-refractivity contribution is -0.114. The number of anilines is 2. The van der Waals surface area contributed by atoms with Crippen LogP contribution in [0.3, 0.4) is 0 Å². The van der Waals surface area contributed by atoms with Crippen LogP contribution in [0.15, 0.2) is 88.2 Å². The third kappa shape index (κ3) is 5.12. The maximum absolute atomic E-state index is 13.2. The van der Waals surface area contributed by atoms with Crippen molar-refractivity contribution < 1.29 is 13.2 Å². The lowest BCUT2D eigenvalue weighted by atomic mass is 10.3. The minimum atomic E-state index is -3.91. The van der Waals surface area contributed by atoms with Crippen molar-refractivity contribution in [3.63, 3.8) is 0 Å². The summed E-state index contributed by atoms with van der Waals surface area (Å²) in [7, 11) is -3.91. The van der Waals surface area contributed by atoms with Gasteiger partial charge in [-0.05, 0) is 77.2 Å². The fourth-order valence-electron chi connectivity index (χ4n) is 2.53. The zero-order chi connectivity index (χ0) is 20.1. The van der Waals surface area contributed by atoms with Gasteiger partial charge in [0.25, 0.3) is 10.0 Å². The van der Waals surface area contributed by atoms with E-state index >= 15 is 0 Å². The van der Waals surface area contributed by atoms with E-state index in [1.165, 1.54) is 12.1 Å². The lowest BCUT2D eigenvalue weighted by Gasteiger charge is -2.24. The van der Waals surface area contributed by atoms with Crippen molar-refractivity contribution in [1.82, 2.24) is 0 Å². The smallest absolute Gasteiger partial charge is 0.264 e. The van der Waals surface area contributed by atoms with Crippen LogP contribution in [0.2, 0.25) is 0 Å². The zero-order valence-corrected chi connectivity index (χ0v) is 19.1. The number of hydrogen-bond donors (Lipinski definition) is 1. The Labute approximate surface area is 186 Å². The molecular formula is C20H16BrIN2O3S. The van der Waals surface area contributed by atoms with E-state index in [-0.39, 0.29) is 11.4 Å². The van der Waals surface area contributed by atoms with Gasteiger partial charge in [0.1, 0.15) is 6.54 Å². The van der Waals surface area contributed by atoms with Crippen molar-refractivity contribution in [2.45, 2.75) is 4.90 Å². The minimum absolute atomic E-state index is 0.122. The Balaban J connectivity index is 1.92. The van der Waals surface area contributed by atoms with E-state index in [0.29, 0.717) is 11.4 Å². The third-order valence-electron chi connectivity index (χ3n) is 3.84. The molecule has 0 spiro atoms. The van der Waals surface area contributed by atoms with Gasteiger partial charge in [0.15, 0.2) is 0 Å². The molecule has 0 aliphatic rings. The lowest BCUT2D eigenvalue weighted by Crippen LogP contribution is -2.38. The molecule has 3 rings (SSSR count). The van der Waals surface area contributed by atoms with E-state index in [2.05, 4.69) is 43.8 Å². The van der Waals surface area contributed by atoms with Crippen LogP contribution in [0.4, 0.5) is 11.4 Å². The summed E-state index contributed by atoms with van der Waals surface area (Å²) in [5.74, 6) is -0.430. The Hall–Kier alpha value is -1.91. The predicted molar refractivity (Wildman–Crippen MR) is 123 cm³/mol. The van der Waals surface area contributed by atoms with Gasteiger partial charge in [-0.2, -0.15) is 0 Å². The van der Waals surface area contributed by atoms with Gasteiger partial charge in [-0.1, -0.05) is 40.2 Å². The standard InChI is InChI=1S/C20H16BrIN2O3S/c21-15-5-4-6-18(13-15)24(28(26,27)19-7-2-1-3-8-19)14-20(25)23-17-11-9-16(22)10-12-17/h1-13H,14H2,(H,23,25). The number of halogens is 2. The summed E-state index contributed by atoms with van der Waals surface area (Å²) in [6, 6.07) is 22.2. The molecular weight excluding hydrogens is 555 g/mol. The average Bonchev–Trinajstić information content (AvgIpc) is 2.68. The van der Waals surface area contributed by atoms with E-state index in [1.54, 1.807) is 54.6 Å². The quantitative estimate of drug-likeness (QED) is 0.429. The molecule has 0 heterocycles. The molecule has 0 aliphatic carbocycles. The van der Waals surface area contributed by atoms with Crippen molar-refractivity contribution in [3.8, 4) is 0 Å². The van der Waals surface area contributed by atoms with Gasteiger partial charge >= 0.3 is 0 Å². The molecule has 1 amide bonds. The number of benzene rings is 3. The van der Waals surface area contributed by atoms with Crippen molar-refractivity contribution >= 4 is 65.8 Å². The van der Waals surface area contributed by atoms with E-state index in [1.807, 2.05) is 12.1 Å². The second kappa shape index (κ2) is 9.06. The van der Waals surface area contributed by atoms with E-state index < -0.39 is 15.9 Å². The molecule has 28 heavy (non-hydrogen) atoms. The molecule has 3 aromatic carbocycles. The molecule has 8 heteroatoms. The first-order chi connectivity index (χ1) is 13.4. The van der Waals surface area contributed by atoms with Crippen molar-refractivity contribution in [1.29, 1.82) is 0 Å². The van der Waals surface area contributed by atoms with Crippen molar-refractivity contribution in [2.75, 3.05) is 16.2 Å². The number of amides is 1. The van der Waals surface area contributed by atoms with Crippen molar-refractivity contribution in [2.24, 2.45) is 0 Å². The van der Waals surface area contributed by atoms with Crippen LogP contribution >= 0.6 is 38.5 Å². The Morgan fingerprint density at radius 1 is 0.964 bits per heavy atom. The zero-order valence-electron chi connectivity index (χ0n) is 14.5. The first kappa shape index (κ1) is 20.8. The average molecular weight is 571 g/mol. The molecule has 0 saturated heterocycles. The predicted octanol–water partition coefficient (Wildman–Crippen LogP) is 4.89. The largest absolute Gasteiger partial charge is 0.325 e. The summed E-state index contributed by atoms with van der Waals surface area (Å²) in [6.45, 7) is -0.348. The number of rotatable bonds is 6.